The van der Waals surface area contributed by atoms with Crippen LogP contribution in [0.3, 0.4) is 0 Å². The summed E-state index contributed by atoms with van der Waals surface area (Å²) >= 11 is 2.23. The van der Waals surface area contributed by atoms with Crippen LogP contribution in [0.1, 0.15) is 33.6 Å². The number of piperidine rings is 1. The highest BCUT2D eigenvalue weighted by Crippen LogP contribution is 2.24. The summed E-state index contributed by atoms with van der Waals surface area (Å²) in [6.07, 6.45) is 1.47. The van der Waals surface area contributed by atoms with Gasteiger partial charge in [0.1, 0.15) is 0 Å². The van der Waals surface area contributed by atoms with Crippen molar-refractivity contribution in [3.63, 3.8) is 0 Å². The van der Waals surface area contributed by atoms with Crippen molar-refractivity contribution in [3.8, 4) is 0 Å². The zero-order chi connectivity index (χ0) is 16.3. The monoisotopic (exact) mass is 414 g/mol. The van der Waals surface area contributed by atoms with Gasteiger partial charge < -0.3 is 10.2 Å². The van der Waals surface area contributed by atoms with Crippen LogP contribution in [0.25, 0.3) is 0 Å². The van der Waals surface area contributed by atoms with Crippen LogP contribution in [0.2, 0.25) is 0 Å². The highest BCUT2D eigenvalue weighted by molar-refractivity contribution is 14.1. The number of nitrogens with one attached hydrogen (secondary N) is 1. The Morgan fingerprint density at radius 2 is 1.86 bits per heavy atom. The van der Waals surface area contributed by atoms with Crippen molar-refractivity contribution in [2.45, 2.75) is 33.6 Å². The van der Waals surface area contributed by atoms with E-state index in [1.54, 1.807) is 0 Å². The van der Waals surface area contributed by atoms with E-state index in [0.29, 0.717) is 13.1 Å². The number of carbonyl (C=O) groups excluding carboxylic acids is 2. The van der Waals surface area contributed by atoms with E-state index in [-0.39, 0.29) is 23.1 Å². The molecule has 0 unspecified atom stereocenters. The predicted molar refractivity (Wildman–Crippen MR) is 96.5 cm³/mol. The molecule has 1 aromatic rings. The minimum atomic E-state index is -0.351. The standard InChI is InChI=1S/C17H23IN2O2/c1-17(2,3)16(22)20-9-7-12(8-10-20)15(21)19-14-6-4-5-13(18)11-14/h4-6,11-12H,7-10H2,1-3H3,(H,19,21). The summed E-state index contributed by atoms with van der Waals surface area (Å²) in [5.41, 5.74) is 0.487. The highest BCUT2D eigenvalue weighted by Gasteiger charge is 2.32. The third-order valence-corrected chi connectivity index (χ3v) is 4.56. The molecule has 0 radical (unpaired) electrons. The number of hydrogen-bond donors (Lipinski definition) is 1. The molecule has 0 spiro atoms. The van der Waals surface area contributed by atoms with Crippen LogP contribution >= 0.6 is 22.6 Å². The Labute approximate surface area is 145 Å². The molecule has 1 aromatic carbocycles. The van der Waals surface area contributed by atoms with Gasteiger partial charge in [-0.3, -0.25) is 9.59 Å². The largest absolute Gasteiger partial charge is 0.342 e. The molecule has 2 rings (SSSR count). The van der Waals surface area contributed by atoms with Crippen molar-refractivity contribution in [1.82, 2.24) is 4.90 Å². The molecule has 0 atom stereocenters. The van der Waals surface area contributed by atoms with Crippen molar-refractivity contribution in [2.24, 2.45) is 11.3 Å². The van der Waals surface area contributed by atoms with Crippen molar-refractivity contribution < 1.29 is 9.59 Å². The summed E-state index contributed by atoms with van der Waals surface area (Å²) in [4.78, 5) is 26.5. The number of hydrogen-bond acceptors (Lipinski definition) is 2. The second kappa shape index (κ2) is 6.98. The molecular formula is C17H23IN2O2. The molecule has 0 aliphatic carbocycles. The summed E-state index contributed by atoms with van der Waals surface area (Å²) in [5.74, 6) is 0.218. The molecule has 22 heavy (non-hydrogen) atoms. The Morgan fingerprint density at radius 3 is 2.41 bits per heavy atom. The SMILES string of the molecule is CC(C)(C)C(=O)N1CCC(C(=O)Nc2cccc(I)c2)CC1. The van der Waals surface area contributed by atoms with Gasteiger partial charge in [0.25, 0.3) is 0 Å². The number of benzene rings is 1. The molecule has 1 aliphatic rings. The Kier molecular flexibility index (Phi) is 5.47. The molecule has 1 fully saturated rings. The Hall–Kier alpha value is -1.11. The molecule has 0 bridgehead atoms. The van der Waals surface area contributed by atoms with Crippen molar-refractivity contribution >= 4 is 40.1 Å². The van der Waals surface area contributed by atoms with E-state index in [0.717, 1.165) is 22.1 Å². The minimum absolute atomic E-state index is 0.0121. The zero-order valence-corrected chi connectivity index (χ0v) is 15.5. The third-order valence-electron chi connectivity index (χ3n) is 3.89. The van der Waals surface area contributed by atoms with Crippen LogP contribution in [0.5, 0.6) is 0 Å². The smallest absolute Gasteiger partial charge is 0.227 e. The first-order valence-electron chi connectivity index (χ1n) is 7.63. The number of likely N-dealkylation sites (tertiary alicyclic amines) is 1. The average Bonchev–Trinajstić information content (AvgIpc) is 2.45. The maximum Gasteiger partial charge on any atom is 0.227 e. The van der Waals surface area contributed by atoms with E-state index in [2.05, 4.69) is 27.9 Å². The molecule has 0 aromatic heterocycles. The Morgan fingerprint density at radius 1 is 1.23 bits per heavy atom. The number of rotatable bonds is 2. The van der Waals surface area contributed by atoms with Crippen LogP contribution in [-0.2, 0) is 9.59 Å². The Bertz CT molecular complexity index is 558. The summed E-state index contributed by atoms with van der Waals surface area (Å²) in [5, 5.41) is 2.98. The summed E-state index contributed by atoms with van der Waals surface area (Å²) in [6, 6.07) is 7.78. The minimum Gasteiger partial charge on any atom is -0.342 e. The lowest BCUT2D eigenvalue weighted by molar-refractivity contribution is -0.142. The quantitative estimate of drug-likeness (QED) is 0.754. The van der Waals surface area contributed by atoms with E-state index in [9.17, 15) is 9.59 Å². The fourth-order valence-corrected chi connectivity index (χ4v) is 3.17. The molecule has 4 nitrogen and oxygen atoms in total. The van der Waals surface area contributed by atoms with Gasteiger partial charge in [-0.25, -0.2) is 0 Å². The van der Waals surface area contributed by atoms with Gasteiger partial charge in [0, 0.05) is 33.7 Å². The normalized spacial score (nSPS) is 16.5. The van der Waals surface area contributed by atoms with Gasteiger partial charge in [-0.05, 0) is 53.6 Å². The van der Waals surface area contributed by atoms with Crippen molar-refractivity contribution in [1.29, 1.82) is 0 Å². The first-order valence-corrected chi connectivity index (χ1v) is 8.71. The number of halogens is 1. The summed E-state index contributed by atoms with van der Waals surface area (Å²) in [6.45, 7) is 7.14. The van der Waals surface area contributed by atoms with Crippen LogP contribution in [0.15, 0.2) is 24.3 Å². The first-order chi connectivity index (χ1) is 10.3. The Balaban J connectivity index is 1.89. The van der Waals surface area contributed by atoms with Gasteiger partial charge >= 0.3 is 0 Å². The van der Waals surface area contributed by atoms with E-state index < -0.39 is 0 Å². The number of amides is 2. The van der Waals surface area contributed by atoms with Crippen molar-refractivity contribution in [3.05, 3.63) is 27.8 Å². The summed E-state index contributed by atoms with van der Waals surface area (Å²) in [7, 11) is 0. The van der Waals surface area contributed by atoms with Gasteiger partial charge in [0.2, 0.25) is 11.8 Å². The fourth-order valence-electron chi connectivity index (χ4n) is 2.63. The number of carbonyl (C=O) groups is 2. The predicted octanol–water partition coefficient (Wildman–Crippen LogP) is 3.51. The van der Waals surface area contributed by atoms with Crippen LogP contribution < -0.4 is 5.32 Å². The number of anilines is 1. The second-order valence-corrected chi connectivity index (χ2v) is 8.06. The van der Waals surface area contributed by atoms with E-state index in [4.69, 9.17) is 0 Å². The van der Waals surface area contributed by atoms with Crippen LogP contribution in [-0.4, -0.2) is 29.8 Å². The first kappa shape index (κ1) is 17.2. The molecule has 1 aliphatic heterocycles. The number of nitrogens with zero attached hydrogens (tertiary/aromatic N) is 1. The maximum absolute atomic E-state index is 12.3. The maximum atomic E-state index is 12.3. The molecule has 1 saturated heterocycles. The van der Waals surface area contributed by atoms with E-state index >= 15 is 0 Å². The van der Waals surface area contributed by atoms with Gasteiger partial charge in [-0.2, -0.15) is 0 Å². The topological polar surface area (TPSA) is 49.4 Å². The zero-order valence-electron chi connectivity index (χ0n) is 13.4. The molecule has 1 heterocycles. The lowest BCUT2D eigenvalue weighted by Gasteiger charge is -2.35. The second-order valence-electron chi connectivity index (χ2n) is 6.82. The van der Waals surface area contributed by atoms with Gasteiger partial charge in [-0.1, -0.05) is 26.8 Å². The molecule has 1 N–H and O–H groups in total. The molecular weight excluding hydrogens is 391 g/mol. The third kappa shape index (κ3) is 4.44. The molecule has 2 amide bonds. The van der Waals surface area contributed by atoms with Crippen LogP contribution in [0.4, 0.5) is 5.69 Å². The fraction of sp³-hybridized carbons (Fsp3) is 0.529. The average molecular weight is 414 g/mol. The van der Waals surface area contributed by atoms with Crippen LogP contribution in [0, 0.1) is 14.9 Å². The van der Waals surface area contributed by atoms with Gasteiger partial charge in [-0.15, -0.1) is 0 Å². The molecule has 0 saturated carbocycles. The molecule has 5 heteroatoms. The lowest BCUT2D eigenvalue weighted by atomic mass is 9.90. The van der Waals surface area contributed by atoms with Gasteiger partial charge in [0.05, 0.1) is 0 Å². The van der Waals surface area contributed by atoms with E-state index in [1.165, 1.54) is 0 Å². The summed E-state index contributed by atoms with van der Waals surface area (Å²) < 4.78 is 1.10. The highest BCUT2D eigenvalue weighted by atomic mass is 127. The molecule has 120 valence electrons. The van der Waals surface area contributed by atoms with Gasteiger partial charge in [0.15, 0.2) is 0 Å². The van der Waals surface area contributed by atoms with E-state index in [1.807, 2.05) is 49.9 Å². The lowest BCUT2D eigenvalue weighted by Crippen LogP contribution is -2.45. The van der Waals surface area contributed by atoms with Crippen molar-refractivity contribution in [2.75, 3.05) is 18.4 Å².